The maximum Gasteiger partial charge on any atom is 0.338 e. The Hall–Kier alpha value is -4.11. The van der Waals surface area contributed by atoms with Gasteiger partial charge in [-0.3, -0.25) is 4.79 Å². The summed E-state index contributed by atoms with van der Waals surface area (Å²) in [5.74, 6) is -0.453. The highest BCUT2D eigenvalue weighted by Gasteiger charge is 2.19. The Kier molecular flexibility index (Phi) is 6.80. The van der Waals surface area contributed by atoms with Crippen LogP contribution in [0.15, 0.2) is 78.9 Å². The lowest BCUT2D eigenvalue weighted by molar-refractivity contribution is -0.123. The van der Waals surface area contributed by atoms with Gasteiger partial charge in [0, 0.05) is 5.69 Å². The molecule has 0 heterocycles. The summed E-state index contributed by atoms with van der Waals surface area (Å²) in [6, 6.07) is 24.8. The molecule has 0 spiro atoms. The van der Waals surface area contributed by atoms with Gasteiger partial charge in [-0.25, -0.2) is 4.79 Å². The van der Waals surface area contributed by atoms with Gasteiger partial charge in [-0.15, -0.1) is 0 Å². The third-order valence-electron chi connectivity index (χ3n) is 4.25. The number of carbonyl (C=O) groups is 2. The van der Waals surface area contributed by atoms with Gasteiger partial charge in [0.25, 0.3) is 5.91 Å². The van der Waals surface area contributed by atoms with Crippen molar-refractivity contribution in [1.29, 1.82) is 5.26 Å². The predicted octanol–water partition coefficient (Wildman–Crippen LogP) is 4.32. The number of ether oxygens (including phenoxy) is 2. The Balaban J connectivity index is 1.52. The first kappa shape index (κ1) is 20.6. The van der Waals surface area contributed by atoms with Crippen LogP contribution in [0.3, 0.4) is 0 Å². The summed E-state index contributed by atoms with van der Waals surface area (Å²) < 4.78 is 10.9. The van der Waals surface area contributed by atoms with E-state index >= 15 is 0 Å². The van der Waals surface area contributed by atoms with Gasteiger partial charge in [-0.05, 0) is 55.0 Å². The van der Waals surface area contributed by atoms with Crippen LogP contribution in [0.1, 0.15) is 28.4 Å². The summed E-state index contributed by atoms with van der Waals surface area (Å²) in [6.07, 6.45) is -1.00. The molecule has 0 fully saturated rings. The lowest BCUT2D eigenvalue weighted by Crippen LogP contribution is -2.30. The molecule has 0 unspecified atom stereocenters. The van der Waals surface area contributed by atoms with Crippen LogP contribution in [0, 0.1) is 11.3 Å². The van der Waals surface area contributed by atoms with Crippen LogP contribution in [0.25, 0.3) is 0 Å². The van der Waals surface area contributed by atoms with Crippen LogP contribution in [0.5, 0.6) is 5.75 Å². The Morgan fingerprint density at radius 1 is 1.00 bits per heavy atom. The van der Waals surface area contributed by atoms with Gasteiger partial charge in [0.1, 0.15) is 12.4 Å². The molecule has 0 aromatic heterocycles. The van der Waals surface area contributed by atoms with Crippen molar-refractivity contribution in [2.24, 2.45) is 0 Å². The Labute approximate surface area is 174 Å². The molecule has 0 saturated carbocycles. The number of hydrogen-bond donors (Lipinski definition) is 1. The van der Waals surface area contributed by atoms with Crippen molar-refractivity contribution >= 4 is 17.6 Å². The first-order valence-electron chi connectivity index (χ1n) is 9.34. The number of nitriles is 1. The van der Waals surface area contributed by atoms with Gasteiger partial charge in [-0.1, -0.05) is 36.4 Å². The largest absolute Gasteiger partial charge is 0.489 e. The molecule has 6 nitrogen and oxygen atoms in total. The lowest BCUT2D eigenvalue weighted by Gasteiger charge is -2.14. The average Bonchev–Trinajstić information content (AvgIpc) is 2.79. The van der Waals surface area contributed by atoms with Crippen molar-refractivity contribution in [3.63, 3.8) is 0 Å². The van der Waals surface area contributed by atoms with Crippen LogP contribution in [-0.4, -0.2) is 18.0 Å². The lowest BCUT2D eigenvalue weighted by atomic mass is 10.1. The average molecular weight is 400 g/mol. The molecule has 1 amide bonds. The summed E-state index contributed by atoms with van der Waals surface area (Å²) in [5.41, 5.74) is 2.18. The van der Waals surface area contributed by atoms with Gasteiger partial charge in [-0.2, -0.15) is 5.26 Å². The zero-order valence-electron chi connectivity index (χ0n) is 16.4. The molecule has 150 valence electrons. The van der Waals surface area contributed by atoms with E-state index in [9.17, 15) is 9.59 Å². The van der Waals surface area contributed by atoms with E-state index in [4.69, 9.17) is 14.7 Å². The Morgan fingerprint density at radius 3 is 2.43 bits per heavy atom. The van der Waals surface area contributed by atoms with Crippen LogP contribution < -0.4 is 10.1 Å². The molecular weight excluding hydrogens is 380 g/mol. The van der Waals surface area contributed by atoms with E-state index in [0.29, 0.717) is 23.6 Å². The maximum atomic E-state index is 12.3. The summed E-state index contributed by atoms with van der Waals surface area (Å²) in [6.45, 7) is 1.94. The molecular formula is C24H20N2O4. The molecule has 3 aromatic carbocycles. The second kappa shape index (κ2) is 9.89. The van der Waals surface area contributed by atoms with Crippen LogP contribution in [0.2, 0.25) is 0 Å². The molecule has 30 heavy (non-hydrogen) atoms. The number of esters is 1. The fourth-order valence-electron chi connectivity index (χ4n) is 2.62. The number of hydrogen-bond acceptors (Lipinski definition) is 5. The van der Waals surface area contributed by atoms with Gasteiger partial charge in [0.05, 0.1) is 17.2 Å². The van der Waals surface area contributed by atoms with Crippen LogP contribution in [0.4, 0.5) is 5.69 Å². The SMILES string of the molecule is C[C@H](OC(=O)c1cccc(C#N)c1)C(=O)Nc1ccc(OCc2ccccc2)cc1. The van der Waals surface area contributed by atoms with Gasteiger partial charge >= 0.3 is 5.97 Å². The number of carbonyl (C=O) groups excluding carboxylic acids is 2. The quantitative estimate of drug-likeness (QED) is 0.597. The van der Waals surface area contributed by atoms with Crippen molar-refractivity contribution in [2.45, 2.75) is 19.6 Å². The van der Waals surface area contributed by atoms with E-state index in [0.717, 1.165) is 5.56 Å². The number of rotatable bonds is 7. The van der Waals surface area contributed by atoms with Crippen molar-refractivity contribution in [3.05, 3.63) is 95.6 Å². The molecule has 0 saturated heterocycles. The van der Waals surface area contributed by atoms with Crippen molar-refractivity contribution in [1.82, 2.24) is 0 Å². The minimum atomic E-state index is -1.00. The van der Waals surface area contributed by atoms with E-state index < -0.39 is 18.0 Å². The predicted molar refractivity (Wildman–Crippen MR) is 112 cm³/mol. The summed E-state index contributed by atoms with van der Waals surface area (Å²) in [5, 5.41) is 11.6. The molecule has 0 bridgehead atoms. The highest BCUT2D eigenvalue weighted by atomic mass is 16.5. The van der Waals surface area contributed by atoms with E-state index in [1.165, 1.54) is 19.1 Å². The van der Waals surface area contributed by atoms with Crippen molar-refractivity contribution in [3.8, 4) is 11.8 Å². The summed E-state index contributed by atoms with van der Waals surface area (Å²) >= 11 is 0. The fourth-order valence-corrected chi connectivity index (χ4v) is 2.62. The van der Waals surface area contributed by atoms with E-state index in [1.54, 1.807) is 36.4 Å². The number of benzene rings is 3. The van der Waals surface area contributed by atoms with Crippen molar-refractivity contribution < 1.29 is 19.1 Å². The second-order valence-corrected chi connectivity index (χ2v) is 6.53. The van der Waals surface area contributed by atoms with Crippen LogP contribution in [-0.2, 0) is 16.1 Å². The summed E-state index contributed by atoms with van der Waals surface area (Å²) in [7, 11) is 0. The third kappa shape index (κ3) is 5.69. The number of anilines is 1. The molecule has 1 atom stereocenters. The topological polar surface area (TPSA) is 88.4 Å². The van der Waals surface area contributed by atoms with Gasteiger partial charge in [0.15, 0.2) is 6.10 Å². The van der Waals surface area contributed by atoms with Crippen LogP contribution >= 0.6 is 0 Å². The minimum absolute atomic E-state index is 0.216. The molecule has 0 radical (unpaired) electrons. The first-order chi connectivity index (χ1) is 14.5. The zero-order valence-corrected chi connectivity index (χ0v) is 16.4. The molecule has 0 aliphatic carbocycles. The van der Waals surface area contributed by atoms with Gasteiger partial charge in [0.2, 0.25) is 0 Å². The van der Waals surface area contributed by atoms with E-state index in [1.807, 2.05) is 36.4 Å². The highest BCUT2D eigenvalue weighted by molar-refractivity contribution is 5.97. The summed E-state index contributed by atoms with van der Waals surface area (Å²) in [4.78, 5) is 24.5. The fraction of sp³-hybridized carbons (Fsp3) is 0.125. The standard InChI is InChI=1S/C24H20N2O4/c1-17(30-24(28)20-9-5-8-19(14-20)15-25)23(27)26-21-10-12-22(13-11-21)29-16-18-6-3-2-4-7-18/h2-14,17H,16H2,1H3,(H,26,27)/t17-/m0/s1. The second-order valence-electron chi connectivity index (χ2n) is 6.53. The number of nitrogens with zero attached hydrogens (tertiary/aromatic N) is 1. The molecule has 3 rings (SSSR count). The molecule has 1 N–H and O–H groups in total. The Bertz CT molecular complexity index is 1060. The van der Waals surface area contributed by atoms with E-state index in [2.05, 4.69) is 5.32 Å². The smallest absolute Gasteiger partial charge is 0.338 e. The normalized spacial score (nSPS) is 11.1. The number of amides is 1. The minimum Gasteiger partial charge on any atom is -0.489 e. The third-order valence-corrected chi connectivity index (χ3v) is 4.25. The maximum absolute atomic E-state index is 12.3. The van der Waals surface area contributed by atoms with E-state index in [-0.39, 0.29) is 5.56 Å². The first-order valence-corrected chi connectivity index (χ1v) is 9.34. The molecule has 0 aliphatic heterocycles. The number of nitrogens with one attached hydrogen (secondary N) is 1. The molecule has 6 heteroatoms. The monoisotopic (exact) mass is 400 g/mol. The molecule has 0 aliphatic rings. The Morgan fingerprint density at radius 2 is 1.73 bits per heavy atom. The van der Waals surface area contributed by atoms with Gasteiger partial charge < -0.3 is 14.8 Å². The molecule has 3 aromatic rings. The highest BCUT2D eigenvalue weighted by Crippen LogP contribution is 2.18. The zero-order chi connectivity index (χ0) is 21.3. The van der Waals surface area contributed by atoms with Crippen molar-refractivity contribution in [2.75, 3.05) is 5.32 Å².